The molecule has 0 aromatic rings. The van der Waals surface area contributed by atoms with Crippen LogP contribution in [0.25, 0.3) is 0 Å². The second-order valence-corrected chi connectivity index (χ2v) is 4.92. The molecule has 0 aromatic carbocycles. The number of nitrogens with zero attached hydrogens (tertiary/aromatic N) is 2. The molecule has 2 saturated heterocycles. The minimum absolute atomic E-state index is 0.352. The largest absolute Gasteiger partial charge is 0.370 e. The predicted molar refractivity (Wildman–Crippen MR) is 62.7 cm³/mol. The zero-order valence-electron chi connectivity index (χ0n) is 9.77. The summed E-state index contributed by atoms with van der Waals surface area (Å²) in [5.41, 5.74) is 0. The van der Waals surface area contributed by atoms with Gasteiger partial charge < -0.3 is 9.64 Å². The van der Waals surface area contributed by atoms with Crippen molar-refractivity contribution < 1.29 is 4.74 Å². The minimum Gasteiger partial charge on any atom is -0.370 e. The van der Waals surface area contributed by atoms with Gasteiger partial charge in [-0.05, 0) is 45.0 Å². The number of rotatable bonds is 2. The molecule has 3 rings (SSSR count). The van der Waals surface area contributed by atoms with Crippen LogP contribution in [0.15, 0.2) is 12.3 Å². The molecule has 2 unspecified atom stereocenters. The van der Waals surface area contributed by atoms with E-state index >= 15 is 0 Å². The van der Waals surface area contributed by atoms with Gasteiger partial charge in [-0.3, -0.25) is 4.90 Å². The Labute approximate surface area is 98.0 Å². The predicted octanol–water partition coefficient (Wildman–Crippen LogP) is 1.50. The van der Waals surface area contributed by atoms with Gasteiger partial charge >= 0.3 is 0 Å². The summed E-state index contributed by atoms with van der Waals surface area (Å²) in [6.45, 7) is 7.72. The van der Waals surface area contributed by atoms with Crippen LogP contribution in [0.4, 0.5) is 0 Å². The van der Waals surface area contributed by atoms with Gasteiger partial charge in [-0.25, -0.2) is 0 Å². The maximum atomic E-state index is 5.43. The summed E-state index contributed by atoms with van der Waals surface area (Å²) in [5.74, 6) is 0. The molecular formula is C13H20N2O. The number of ether oxygens (including phenoxy) is 1. The van der Waals surface area contributed by atoms with Gasteiger partial charge in [-0.1, -0.05) is 6.08 Å². The van der Waals surface area contributed by atoms with Crippen molar-refractivity contribution in [2.24, 2.45) is 0 Å². The molecule has 3 heteroatoms. The molecule has 0 aliphatic carbocycles. The molecule has 0 N–H and O–H groups in total. The Kier molecular flexibility index (Phi) is 3.15. The molecule has 0 saturated carbocycles. The highest BCUT2D eigenvalue weighted by Crippen LogP contribution is 2.27. The second-order valence-electron chi connectivity index (χ2n) is 4.92. The van der Waals surface area contributed by atoms with E-state index in [0.29, 0.717) is 12.1 Å². The first-order valence-corrected chi connectivity index (χ1v) is 6.49. The Morgan fingerprint density at radius 3 is 2.81 bits per heavy atom. The molecule has 0 aromatic heterocycles. The van der Waals surface area contributed by atoms with E-state index in [1.165, 1.54) is 32.4 Å². The number of hydrogen-bond donors (Lipinski definition) is 0. The number of likely N-dealkylation sites (tertiary alicyclic amines) is 1. The van der Waals surface area contributed by atoms with Crippen LogP contribution in [-0.2, 0) is 4.74 Å². The minimum atomic E-state index is 0.352. The Hall–Kier alpha value is -0.540. The van der Waals surface area contributed by atoms with Gasteiger partial charge in [-0.2, -0.15) is 0 Å². The molecule has 3 aliphatic heterocycles. The normalized spacial score (nSPS) is 36.1. The van der Waals surface area contributed by atoms with Crippen molar-refractivity contribution in [2.75, 3.05) is 26.2 Å². The monoisotopic (exact) mass is 220 g/mol. The van der Waals surface area contributed by atoms with Crippen LogP contribution in [0.1, 0.15) is 25.7 Å². The Balaban J connectivity index is 1.69. The standard InChI is InChI=1S/C13H20N2O/c1-2-7-14(6-1)12-5-10-16-11-13(12)15-8-3-4-9-15/h3,8,12-13H,1-2,4-7,9-10H2. The van der Waals surface area contributed by atoms with Gasteiger partial charge in [-0.15, -0.1) is 0 Å². The molecule has 2 radical (unpaired) electrons. The lowest BCUT2D eigenvalue weighted by molar-refractivity contribution is 0.0232. The van der Waals surface area contributed by atoms with Gasteiger partial charge in [0.1, 0.15) is 0 Å². The fourth-order valence-corrected chi connectivity index (χ4v) is 3.04. The van der Waals surface area contributed by atoms with Crippen LogP contribution in [0.5, 0.6) is 0 Å². The van der Waals surface area contributed by atoms with E-state index in [1.807, 2.05) is 0 Å². The van der Waals surface area contributed by atoms with Crippen molar-refractivity contribution >= 4 is 0 Å². The molecule has 2 atom stereocenters. The average Bonchev–Trinajstić information content (AvgIpc) is 3.03. The first-order chi connectivity index (χ1) is 7.95. The van der Waals surface area contributed by atoms with Crippen LogP contribution in [-0.4, -0.2) is 48.1 Å². The highest BCUT2D eigenvalue weighted by molar-refractivity contribution is 5.03. The third-order valence-corrected chi connectivity index (χ3v) is 3.90. The van der Waals surface area contributed by atoms with E-state index in [0.717, 1.165) is 19.6 Å². The highest BCUT2D eigenvalue weighted by atomic mass is 16.5. The Morgan fingerprint density at radius 2 is 2.06 bits per heavy atom. The lowest BCUT2D eigenvalue weighted by Gasteiger charge is -2.41. The van der Waals surface area contributed by atoms with Crippen LogP contribution in [0.3, 0.4) is 0 Å². The van der Waals surface area contributed by atoms with Gasteiger partial charge in [0.15, 0.2) is 6.61 Å². The van der Waals surface area contributed by atoms with E-state index in [4.69, 9.17) is 4.74 Å². The third kappa shape index (κ3) is 1.98. The van der Waals surface area contributed by atoms with Gasteiger partial charge in [0, 0.05) is 19.2 Å². The summed E-state index contributed by atoms with van der Waals surface area (Å²) in [6, 6.07) is 0.976. The van der Waals surface area contributed by atoms with E-state index in [-0.39, 0.29) is 0 Å². The maximum absolute atomic E-state index is 5.43. The van der Waals surface area contributed by atoms with Crippen molar-refractivity contribution in [2.45, 2.75) is 37.8 Å². The third-order valence-electron chi connectivity index (χ3n) is 3.90. The number of hydrogen-bond acceptors (Lipinski definition) is 3. The van der Waals surface area contributed by atoms with Crippen molar-refractivity contribution in [1.82, 2.24) is 9.80 Å². The molecule has 3 nitrogen and oxygen atoms in total. The van der Waals surface area contributed by atoms with E-state index in [2.05, 4.69) is 28.7 Å². The zero-order valence-corrected chi connectivity index (χ0v) is 9.77. The second kappa shape index (κ2) is 4.76. The van der Waals surface area contributed by atoms with Gasteiger partial charge in [0.25, 0.3) is 0 Å². The molecule has 16 heavy (non-hydrogen) atoms. The fraction of sp³-hybridized carbons (Fsp3) is 0.769. The summed E-state index contributed by atoms with van der Waals surface area (Å²) in [5, 5.41) is 0. The zero-order chi connectivity index (χ0) is 10.8. The van der Waals surface area contributed by atoms with Crippen LogP contribution in [0, 0.1) is 6.61 Å². The SMILES string of the molecule is [C]1OCCC(N2CCCC2)C1N1C=CCC1. The van der Waals surface area contributed by atoms with Crippen LogP contribution >= 0.6 is 0 Å². The van der Waals surface area contributed by atoms with Gasteiger partial charge in [0.05, 0.1) is 6.04 Å². The van der Waals surface area contributed by atoms with E-state index < -0.39 is 0 Å². The van der Waals surface area contributed by atoms with Crippen molar-refractivity contribution in [1.29, 1.82) is 0 Å². The topological polar surface area (TPSA) is 15.7 Å². The fourth-order valence-electron chi connectivity index (χ4n) is 3.04. The Morgan fingerprint density at radius 1 is 1.19 bits per heavy atom. The summed E-state index contributed by atoms with van der Waals surface area (Å²) < 4.78 is 5.43. The lowest BCUT2D eigenvalue weighted by Crippen LogP contribution is -2.52. The molecule has 0 bridgehead atoms. The maximum Gasteiger partial charge on any atom is 0.158 e. The van der Waals surface area contributed by atoms with Crippen molar-refractivity contribution in [3.8, 4) is 0 Å². The molecular weight excluding hydrogens is 200 g/mol. The first-order valence-electron chi connectivity index (χ1n) is 6.49. The Bertz CT molecular complexity index is 261. The molecule has 3 aliphatic rings. The summed E-state index contributed by atoms with van der Waals surface area (Å²) in [7, 11) is 0. The molecule has 0 amide bonds. The van der Waals surface area contributed by atoms with E-state index in [1.54, 1.807) is 0 Å². The molecule has 0 spiro atoms. The van der Waals surface area contributed by atoms with Crippen LogP contribution in [0.2, 0.25) is 0 Å². The smallest absolute Gasteiger partial charge is 0.158 e. The summed E-state index contributed by atoms with van der Waals surface area (Å²) in [4.78, 5) is 5.02. The van der Waals surface area contributed by atoms with E-state index in [9.17, 15) is 0 Å². The van der Waals surface area contributed by atoms with Crippen molar-refractivity contribution in [3.63, 3.8) is 0 Å². The summed E-state index contributed by atoms with van der Waals surface area (Å²) >= 11 is 0. The van der Waals surface area contributed by atoms with Crippen molar-refractivity contribution in [3.05, 3.63) is 18.9 Å². The van der Waals surface area contributed by atoms with Crippen LogP contribution < -0.4 is 0 Å². The quantitative estimate of drug-likeness (QED) is 0.701. The summed E-state index contributed by atoms with van der Waals surface area (Å²) in [6.07, 6.45) is 9.51. The highest BCUT2D eigenvalue weighted by Gasteiger charge is 2.36. The van der Waals surface area contributed by atoms with Gasteiger partial charge in [0.2, 0.25) is 0 Å². The molecule has 3 heterocycles. The average molecular weight is 220 g/mol. The molecule has 88 valence electrons. The lowest BCUT2D eigenvalue weighted by atomic mass is 10.0. The molecule has 2 fully saturated rings. The first kappa shape index (κ1) is 10.6.